The third-order valence-electron chi connectivity index (χ3n) is 4.55. The summed E-state index contributed by atoms with van der Waals surface area (Å²) < 4.78 is 5.33. The lowest BCUT2D eigenvalue weighted by atomic mass is 10.1. The van der Waals surface area contributed by atoms with Gasteiger partial charge in [0.1, 0.15) is 11.9 Å². The van der Waals surface area contributed by atoms with Gasteiger partial charge in [-0.25, -0.2) is 4.98 Å². The summed E-state index contributed by atoms with van der Waals surface area (Å²) in [5.41, 5.74) is 0.585. The number of aromatic nitrogens is 3. The lowest BCUT2D eigenvalue weighted by molar-refractivity contribution is 0.201. The summed E-state index contributed by atoms with van der Waals surface area (Å²) in [4.78, 5) is 11.1. The Balaban J connectivity index is 1.37. The van der Waals surface area contributed by atoms with Gasteiger partial charge >= 0.3 is 0 Å². The third-order valence-corrected chi connectivity index (χ3v) is 4.55. The second kappa shape index (κ2) is 6.57. The van der Waals surface area contributed by atoms with Crippen LogP contribution < -0.4 is 5.32 Å². The molecule has 0 amide bonds. The highest BCUT2D eigenvalue weighted by atomic mass is 16.5. The third kappa shape index (κ3) is 3.39. The van der Waals surface area contributed by atoms with Crippen LogP contribution in [-0.2, 0) is 6.54 Å². The van der Waals surface area contributed by atoms with Gasteiger partial charge in [-0.3, -0.25) is 4.90 Å². The molecular formula is C17H20N6O. The Morgan fingerprint density at radius 1 is 1.38 bits per heavy atom. The zero-order valence-corrected chi connectivity index (χ0v) is 13.5. The average molecular weight is 324 g/mol. The molecule has 3 heterocycles. The van der Waals surface area contributed by atoms with Crippen molar-refractivity contribution in [1.82, 2.24) is 20.0 Å². The molecule has 0 radical (unpaired) electrons. The Bertz CT molecular complexity index is 748. The van der Waals surface area contributed by atoms with Gasteiger partial charge in [-0.1, -0.05) is 5.16 Å². The summed E-state index contributed by atoms with van der Waals surface area (Å²) in [6.07, 6.45) is 6.21. The normalized spacial score (nSPS) is 21.4. The smallest absolute Gasteiger partial charge is 0.229 e. The molecule has 1 saturated heterocycles. The molecule has 7 heteroatoms. The first-order valence-corrected chi connectivity index (χ1v) is 8.48. The Labute approximate surface area is 140 Å². The van der Waals surface area contributed by atoms with Crippen LogP contribution in [0.5, 0.6) is 0 Å². The van der Waals surface area contributed by atoms with Gasteiger partial charge < -0.3 is 9.84 Å². The van der Waals surface area contributed by atoms with Gasteiger partial charge in [0, 0.05) is 24.7 Å². The monoisotopic (exact) mass is 324 g/mol. The summed E-state index contributed by atoms with van der Waals surface area (Å²) in [6.45, 7) is 2.62. The van der Waals surface area contributed by atoms with Crippen LogP contribution in [0, 0.1) is 11.3 Å². The first kappa shape index (κ1) is 15.1. The van der Waals surface area contributed by atoms with Crippen molar-refractivity contribution < 1.29 is 4.52 Å². The van der Waals surface area contributed by atoms with E-state index in [-0.39, 0.29) is 6.04 Å². The van der Waals surface area contributed by atoms with Crippen molar-refractivity contribution in [2.24, 2.45) is 0 Å². The van der Waals surface area contributed by atoms with Crippen molar-refractivity contribution in [2.75, 3.05) is 18.4 Å². The zero-order valence-electron chi connectivity index (χ0n) is 13.5. The van der Waals surface area contributed by atoms with Crippen LogP contribution in [0.1, 0.15) is 48.9 Å². The lowest BCUT2D eigenvalue weighted by Gasteiger charge is -2.32. The van der Waals surface area contributed by atoms with E-state index < -0.39 is 0 Å². The minimum Gasteiger partial charge on any atom is -0.365 e. The molecule has 1 aliphatic heterocycles. The number of hydrogen-bond donors (Lipinski definition) is 1. The molecular weight excluding hydrogens is 304 g/mol. The second-order valence-electron chi connectivity index (χ2n) is 6.55. The number of pyridine rings is 1. The van der Waals surface area contributed by atoms with E-state index in [2.05, 4.69) is 31.4 Å². The molecule has 2 aromatic rings. The molecule has 0 unspecified atom stereocenters. The molecule has 1 N–H and O–H groups in total. The molecule has 0 aromatic carbocycles. The Hall–Kier alpha value is -2.46. The van der Waals surface area contributed by atoms with E-state index in [1.54, 1.807) is 18.3 Å². The number of hydrogen-bond acceptors (Lipinski definition) is 7. The van der Waals surface area contributed by atoms with Crippen LogP contribution in [-0.4, -0.2) is 39.2 Å². The van der Waals surface area contributed by atoms with Crippen LogP contribution in [0.25, 0.3) is 0 Å². The molecule has 1 aliphatic carbocycles. The number of nitrogens with zero attached hydrogens (tertiary/aromatic N) is 5. The maximum absolute atomic E-state index is 9.18. The van der Waals surface area contributed by atoms with Gasteiger partial charge in [-0.05, 0) is 44.4 Å². The standard InChI is InChI=1S/C17H20N6O/c18-9-13-3-1-7-19-16(13)20-14-4-2-8-23(10-14)11-15-21-17(24-22-15)12-5-6-12/h1,3,7,12,14H,2,4-6,8,10-11H2,(H,19,20)/t14-/m0/s1. The van der Waals surface area contributed by atoms with E-state index >= 15 is 0 Å². The molecule has 24 heavy (non-hydrogen) atoms. The summed E-state index contributed by atoms with van der Waals surface area (Å²) in [7, 11) is 0. The van der Waals surface area contributed by atoms with Gasteiger partial charge in [-0.2, -0.15) is 10.2 Å². The summed E-state index contributed by atoms with van der Waals surface area (Å²) in [5.74, 6) is 2.73. The number of anilines is 1. The molecule has 2 aromatic heterocycles. The minimum absolute atomic E-state index is 0.274. The molecule has 0 bridgehead atoms. The van der Waals surface area contributed by atoms with Crippen molar-refractivity contribution in [3.05, 3.63) is 35.6 Å². The van der Waals surface area contributed by atoms with Gasteiger partial charge in [0.25, 0.3) is 0 Å². The summed E-state index contributed by atoms with van der Waals surface area (Å²) in [6, 6.07) is 6.03. The Morgan fingerprint density at radius 3 is 3.12 bits per heavy atom. The first-order chi connectivity index (χ1) is 11.8. The van der Waals surface area contributed by atoms with Crippen LogP contribution in [0.2, 0.25) is 0 Å². The molecule has 1 atom stereocenters. The van der Waals surface area contributed by atoms with Crippen LogP contribution in [0.15, 0.2) is 22.9 Å². The minimum atomic E-state index is 0.274. The first-order valence-electron chi connectivity index (χ1n) is 8.48. The van der Waals surface area contributed by atoms with Crippen molar-refractivity contribution in [3.63, 3.8) is 0 Å². The highest BCUT2D eigenvalue weighted by Gasteiger charge is 2.30. The van der Waals surface area contributed by atoms with Crippen LogP contribution in [0.3, 0.4) is 0 Å². The van der Waals surface area contributed by atoms with E-state index in [1.807, 2.05) is 0 Å². The largest absolute Gasteiger partial charge is 0.365 e. The van der Waals surface area contributed by atoms with E-state index in [4.69, 9.17) is 4.52 Å². The van der Waals surface area contributed by atoms with E-state index in [1.165, 1.54) is 12.8 Å². The SMILES string of the molecule is N#Cc1cccnc1N[C@H]1CCCN(Cc2noc(C3CC3)n2)C1. The van der Waals surface area contributed by atoms with Crippen molar-refractivity contribution in [1.29, 1.82) is 5.26 Å². The molecule has 2 aliphatic rings. The average Bonchev–Trinajstić information content (AvgIpc) is 3.36. The number of piperidine rings is 1. The molecule has 124 valence electrons. The molecule has 0 spiro atoms. The summed E-state index contributed by atoms with van der Waals surface area (Å²) >= 11 is 0. The number of rotatable bonds is 5. The Morgan fingerprint density at radius 2 is 2.29 bits per heavy atom. The zero-order chi connectivity index (χ0) is 16.4. The van der Waals surface area contributed by atoms with Crippen LogP contribution in [0.4, 0.5) is 5.82 Å². The van der Waals surface area contributed by atoms with E-state index in [0.29, 0.717) is 23.8 Å². The number of nitriles is 1. The highest BCUT2D eigenvalue weighted by Crippen LogP contribution is 2.38. The van der Waals surface area contributed by atoms with E-state index in [9.17, 15) is 5.26 Å². The maximum atomic E-state index is 9.18. The number of likely N-dealkylation sites (tertiary alicyclic amines) is 1. The fourth-order valence-corrected chi connectivity index (χ4v) is 3.15. The van der Waals surface area contributed by atoms with Gasteiger partial charge in [-0.15, -0.1) is 0 Å². The predicted octanol–water partition coefficient (Wildman–Crippen LogP) is 2.29. The number of nitrogens with one attached hydrogen (secondary N) is 1. The predicted molar refractivity (Wildman–Crippen MR) is 87.1 cm³/mol. The molecule has 7 nitrogen and oxygen atoms in total. The molecule has 4 rings (SSSR count). The Kier molecular flexibility index (Phi) is 4.13. The van der Waals surface area contributed by atoms with Crippen molar-refractivity contribution in [3.8, 4) is 6.07 Å². The van der Waals surface area contributed by atoms with Crippen molar-refractivity contribution >= 4 is 5.82 Å². The molecule has 1 saturated carbocycles. The molecule has 2 fully saturated rings. The fourth-order valence-electron chi connectivity index (χ4n) is 3.15. The topological polar surface area (TPSA) is 90.9 Å². The highest BCUT2D eigenvalue weighted by molar-refractivity contribution is 5.51. The van der Waals surface area contributed by atoms with Crippen LogP contribution >= 0.6 is 0 Å². The fraction of sp³-hybridized carbons (Fsp3) is 0.529. The second-order valence-corrected chi connectivity index (χ2v) is 6.55. The van der Waals surface area contributed by atoms with Gasteiger partial charge in [0.15, 0.2) is 5.82 Å². The van der Waals surface area contributed by atoms with Gasteiger partial charge in [0.2, 0.25) is 5.89 Å². The van der Waals surface area contributed by atoms with Gasteiger partial charge in [0.05, 0.1) is 12.1 Å². The quantitative estimate of drug-likeness (QED) is 0.902. The lowest BCUT2D eigenvalue weighted by Crippen LogP contribution is -2.42. The summed E-state index contributed by atoms with van der Waals surface area (Å²) in [5, 5.41) is 16.7. The van der Waals surface area contributed by atoms with Crippen molar-refractivity contribution in [2.45, 2.75) is 44.2 Å². The van der Waals surface area contributed by atoms with E-state index in [0.717, 1.165) is 37.6 Å². The maximum Gasteiger partial charge on any atom is 0.229 e.